The molecule has 114 valence electrons. The number of rotatable bonds is 4. The average Bonchev–Trinajstić information content (AvgIpc) is 2.62. The van der Waals surface area contributed by atoms with Gasteiger partial charge in [0, 0.05) is 6.04 Å². The van der Waals surface area contributed by atoms with E-state index < -0.39 is 5.41 Å². The van der Waals surface area contributed by atoms with Gasteiger partial charge in [-0.2, -0.15) is 0 Å². The molecule has 2 rings (SSSR count). The van der Waals surface area contributed by atoms with E-state index in [0.717, 1.165) is 25.7 Å². The number of carbonyl (C=O) groups excluding carboxylic acids is 1. The van der Waals surface area contributed by atoms with Crippen molar-refractivity contribution in [2.24, 2.45) is 22.2 Å². The highest BCUT2D eigenvalue weighted by molar-refractivity contribution is 6.06. The Hall–Kier alpha value is -1.26. The Balaban J connectivity index is 2.10. The maximum atomic E-state index is 12.7. The van der Waals surface area contributed by atoms with Crippen LogP contribution in [0, 0.1) is 11.3 Å². The molecule has 0 radical (unpaired) electrons. The van der Waals surface area contributed by atoms with Crippen LogP contribution in [0.5, 0.6) is 0 Å². The fourth-order valence-electron chi connectivity index (χ4n) is 3.43. The van der Waals surface area contributed by atoms with Gasteiger partial charge in [-0.3, -0.25) is 4.79 Å². The Bertz CT molecular complexity index is 369. The first-order valence-corrected chi connectivity index (χ1v) is 7.89. The monoisotopic (exact) mass is 281 g/mol. The highest BCUT2D eigenvalue weighted by atomic mass is 16.4. The van der Waals surface area contributed by atoms with Crippen LogP contribution in [0.1, 0.15) is 64.7 Å². The lowest BCUT2D eigenvalue weighted by Crippen LogP contribution is -2.53. The molecule has 20 heavy (non-hydrogen) atoms. The molecular weight excluding hydrogens is 254 g/mol. The zero-order valence-electron chi connectivity index (χ0n) is 12.4. The third-order valence-electron chi connectivity index (χ3n) is 5.21. The normalized spacial score (nSPS) is 25.4. The number of nitrogens with one attached hydrogen (secondary N) is 1. The maximum Gasteiger partial charge on any atom is 0.234 e. The topological polar surface area (TPSA) is 87.7 Å². The van der Waals surface area contributed by atoms with Gasteiger partial charge in [-0.05, 0) is 38.5 Å². The molecule has 2 saturated carbocycles. The number of amides is 1. The highest BCUT2D eigenvalue weighted by Gasteiger charge is 2.44. The van der Waals surface area contributed by atoms with Gasteiger partial charge in [0.1, 0.15) is 5.41 Å². The number of hydrogen-bond donors (Lipinski definition) is 3. The van der Waals surface area contributed by atoms with E-state index in [1.54, 1.807) is 0 Å². The first-order valence-electron chi connectivity index (χ1n) is 7.89. The minimum absolute atomic E-state index is 0.0471. The highest BCUT2D eigenvalue weighted by Crippen LogP contribution is 2.37. The quantitative estimate of drug-likeness (QED) is 0.243. The largest absolute Gasteiger partial charge is 0.409 e. The number of carbonyl (C=O) groups is 1. The molecule has 2 aliphatic rings. The minimum atomic E-state index is -0.802. The summed E-state index contributed by atoms with van der Waals surface area (Å²) in [5.74, 6) is 0.626. The summed E-state index contributed by atoms with van der Waals surface area (Å²) >= 11 is 0. The molecule has 5 heteroatoms. The van der Waals surface area contributed by atoms with Crippen LogP contribution in [0.15, 0.2) is 5.16 Å². The molecule has 0 aromatic heterocycles. The van der Waals surface area contributed by atoms with Crippen LogP contribution in [-0.4, -0.2) is 23.0 Å². The van der Waals surface area contributed by atoms with E-state index >= 15 is 0 Å². The molecule has 0 bridgehead atoms. The summed E-state index contributed by atoms with van der Waals surface area (Å²) in [6, 6.07) is 0.183. The standard InChI is InChI=1S/C15H27N3O2/c1-11(12-7-6-8-12)17-14(19)15(13(16)18-20)9-4-2-3-5-10-15/h11-12,20H,2-10H2,1H3,(H2,16,18)(H,17,19). The summed E-state index contributed by atoms with van der Waals surface area (Å²) in [7, 11) is 0. The molecule has 1 amide bonds. The van der Waals surface area contributed by atoms with Gasteiger partial charge in [0.25, 0.3) is 0 Å². The van der Waals surface area contributed by atoms with Crippen LogP contribution in [0.4, 0.5) is 0 Å². The first kappa shape index (κ1) is 15.1. The van der Waals surface area contributed by atoms with Gasteiger partial charge in [0.05, 0.1) is 0 Å². The molecule has 0 aromatic carbocycles. The lowest BCUT2D eigenvalue weighted by atomic mass is 9.76. The lowest BCUT2D eigenvalue weighted by molar-refractivity contribution is -0.129. The predicted molar refractivity (Wildman–Crippen MR) is 78.5 cm³/mol. The van der Waals surface area contributed by atoms with Gasteiger partial charge in [0.15, 0.2) is 5.84 Å². The van der Waals surface area contributed by atoms with Crippen molar-refractivity contribution in [3.8, 4) is 0 Å². The molecule has 0 saturated heterocycles. The van der Waals surface area contributed by atoms with Crippen molar-refractivity contribution in [1.29, 1.82) is 0 Å². The van der Waals surface area contributed by atoms with Crippen LogP contribution in [0.25, 0.3) is 0 Å². The predicted octanol–water partition coefficient (Wildman–Crippen LogP) is 2.38. The summed E-state index contributed by atoms with van der Waals surface area (Å²) in [5.41, 5.74) is 5.09. The number of hydrogen-bond acceptors (Lipinski definition) is 3. The molecule has 5 nitrogen and oxygen atoms in total. The molecule has 2 aliphatic carbocycles. The van der Waals surface area contributed by atoms with E-state index in [0.29, 0.717) is 18.8 Å². The Labute approximate surface area is 121 Å². The Kier molecular flexibility index (Phi) is 4.89. The van der Waals surface area contributed by atoms with Crippen LogP contribution in [0.3, 0.4) is 0 Å². The fraction of sp³-hybridized carbons (Fsp3) is 0.867. The second-order valence-corrected chi connectivity index (χ2v) is 6.43. The van der Waals surface area contributed by atoms with Crippen molar-refractivity contribution in [3.63, 3.8) is 0 Å². The Morgan fingerprint density at radius 3 is 2.30 bits per heavy atom. The fourth-order valence-corrected chi connectivity index (χ4v) is 3.43. The molecule has 0 aliphatic heterocycles. The first-order chi connectivity index (χ1) is 9.60. The minimum Gasteiger partial charge on any atom is -0.409 e. The molecule has 0 aromatic rings. The van der Waals surface area contributed by atoms with Crippen LogP contribution in [0.2, 0.25) is 0 Å². The summed E-state index contributed by atoms with van der Waals surface area (Å²) in [4.78, 5) is 12.7. The molecule has 0 heterocycles. The van der Waals surface area contributed by atoms with Crippen LogP contribution < -0.4 is 11.1 Å². The summed E-state index contributed by atoms with van der Waals surface area (Å²) < 4.78 is 0. The molecule has 1 atom stereocenters. The van der Waals surface area contributed by atoms with Gasteiger partial charge in [-0.25, -0.2) is 0 Å². The smallest absolute Gasteiger partial charge is 0.234 e. The van der Waals surface area contributed by atoms with E-state index in [2.05, 4.69) is 17.4 Å². The van der Waals surface area contributed by atoms with Crippen LogP contribution in [-0.2, 0) is 4.79 Å². The van der Waals surface area contributed by atoms with Crippen molar-refractivity contribution in [2.45, 2.75) is 70.8 Å². The molecule has 0 spiro atoms. The maximum absolute atomic E-state index is 12.7. The van der Waals surface area contributed by atoms with Crippen molar-refractivity contribution >= 4 is 11.7 Å². The van der Waals surface area contributed by atoms with E-state index in [9.17, 15) is 4.79 Å². The zero-order chi connectivity index (χ0) is 14.6. The van der Waals surface area contributed by atoms with Crippen molar-refractivity contribution in [2.75, 3.05) is 0 Å². The summed E-state index contributed by atoms with van der Waals surface area (Å²) in [6.45, 7) is 2.07. The van der Waals surface area contributed by atoms with Crippen LogP contribution >= 0.6 is 0 Å². The summed E-state index contributed by atoms with van der Waals surface area (Å²) in [5, 5.41) is 15.4. The van der Waals surface area contributed by atoms with E-state index in [4.69, 9.17) is 10.9 Å². The van der Waals surface area contributed by atoms with Crippen molar-refractivity contribution < 1.29 is 10.0 Å². The Morgan fingerprint density at radius 2 is 1.85 bits per heavy atom. The molecule has 4 N–H and O–H groups in total. The number of amidine groups is 1. The van der Waals surface area contributed by atoms with Crippen molar-refractivity contribution in [1.82, 2.24) is 5.32 Å². The van der Waals surface area contributed by atoms with E-state index in [1.807, 2.05) is 0 Å². The van der Waals surface area contributed by atoms with Gasteiger partial charge < -0.3 is 16.3 Å². The van der Waals surface area contributed by atoms with Gasteiger partial charge in [-0.1, -0.05) is 37.3 Å². The molecule has 2 fully saturated rings. The number of oxime groups is 1. The molecule has 1 unspecified atom stereocenters. The van der Waals surface area contributed by atoms with E-state index in [-0.39, 0.29) is 17.8 Å². The SMILES string of the molecule is CC(NC(=O)C1(C(N)=NO)CCCCCC1)C1CCC1. The number of nitrogens with two attached hydrogens (primary N) is 1. The lowest BCUT2D eigenvalue weighted by Gasteiger charge is -2.36. The molecular formula is C15H27N3O2. The van der Waals surface area contributed by atoms with Crippen molar-refractivity contribution in [3.05, 3.63) is 0 Å². The van der Waals surface area contributed by atoms with Gasteiger partial charge in [0.2, 0.25) is 5.91 Å². The second-order valence-electron chi connectivity index (χ2n) is 6.43. The average molecular weight is 281 g/mol. The zero-order valence-corrected chi connectivity index (χ0v) is 12.4. The number of nitrogens with zero attached hydrogens (tertiary/aromatic N) is 1. The second kappa shape index (κ2) is 6.46. The third-order valence-corrected chi connectivity index (χ3v) is 5.21. The third kappa shape index (κ3) is 2.91. The summed E-state index contributed by atoms with van der Waals surface area (Å²) in [6.07, 6.45) is 9.17. The van der Waals surface area contributed by atoms with Gasteiger partial charge >= 0.3 is 0 Å². The van der Waals surface area contributed by atoms with E-state index in [1.165, 1.54) is 19.3 Å². The Morgan fingerprint density at radius 1 is 1.25 bits per heavy atom. The van der Waals surface area contributed by atoms with Gasteiger partial charge in [-0.15, -0.1) is 0 Å².